The molecule has 4 nitrogen and oxygen atoms in total. The smallest absolute Gasteiger partial charge is 0.330 e. The summed E-state index contributed by atoms with van der Waals surface area (Å²) < 4.78 is 6.69. The molecule has 0 aliphatic heterocycles. The minimum absolute atomic E-state index is 0.335. The first-order valence-electron chi connectivity index (χ1n) is 4.63. The molecule has 1 rings (SSSR count). The molecule has 76 valence electrons. The average molecular weight is 194 g/mol. The van der Waals surface area contributed by atoms with E-state index in [0.29, 0.717) is 6.61 Å². The van der Waals surface area contributed by atoms with Gasteiger partial charge in [0, 0.05) is 25.0 Å². The lowest BCUT2D eigenvalue weighted by Crippen LogP contribution is -2.00. The van der Waals surface area contributed by atoms with Crippen LogP contribution in [0.3, 0.4) is 0 Å². The number of rotatable bonds is 4. The third-order valence-corrected chi connectivity index (χ3v) is 1.74. The van der Waals surface area contributed by atoms with Crippen molar-refractivity contribution < 1.29 is 9.53 Å². The van der Waals surface area contributed by atoms with Crippen LogP contribution >= 0.6 is 0 Å². The summed E-state index contributed by atoms with van der Waals surface area (Å²) in [6, 6.07) is 0. The van der Waals surface area contributed by atoms with E-state index in [0.717, 1.165) is 12.4 Å². The Bertz CT molecular complexity index is 329. The van der Waals surface area contributed by atoms with Crippen LogP contribution < -0.4 is 0 Å². The molecule has 0 spiro atoms. The Balaban J connectivity index is 2.63. The van der Waals surface area contributed by atoms with Crippen LogP contribution in [0.4, 0.5) is 0 Å². The van der Waals surface area contributed by atoms with Gasteiger partial charge >= 0.3 is 5.97 Å². The molecular formula is C10H14N2O2. The Morgan fingerprint density at radius 3 is 3.07 bits per heavy atom. The first-order valence-corrected chi connectivity index (χ1v) is 4.63. The molecule has 0 amide bonds. The lowest BCUT2D eigenvalue weighted by Gasteiger charge is -1.98. The maximum Gasteiger partial charge on any atom is 0.330 e. The van der Waals surface area contributed by atoms with Crippen molar-refractivity contribution in [2.75, 3.05) is 6.61 Å². The fourth-order valence-corrected chi connectivity index (χ4v) is 1.08. The summed E-state index contributed by atoms with van der Waals surface area (Å²) in [7, 11) is 0. The van der Waals surface area contributed by atoms with Crippen LogP contribution in [0, 0.1) is 0 Å². The minimum atomic E-state index is -0.335. The second kappa shape index (κ2) is 5.21. The van der Waals surface area contributed by atoms with Crippen molar-refractivity contribution in [1.82, 2.24) is 9.55 Å². The van der Waals surface area contributed by atoms with Gasteiger partial charge in [0.25, 0.3) is 0 Å². The van der Waals surface area contributed by atoms with Crippen molar-refractivity contribution in [3.63, 3.8) is 0 Å². The van der Waals surface area contributed by atoms with E-state index < -0.39 is 0 Å². The second-order valence-corrected chi connectivity index (χ2v) is 2.66. The Hall–Kier alpha value is -1.58. The molecule has 0 fully saturated rings. The molecule has 4 heteroatoms. The average Bonchev–Trinajstić information content (AvgIpc) is 2.62. The fraction of sp³-hybridized carbons (Fsp3) is 0.400. The Kier molecular flexibility index (Phi) is 3.91. The van der Waals surface area contributed by atoms with E-state index in [-0.39, 0.29) is 5.97 Å². The number of imidazole rings is 1. The van der Waals surface area contributed by atoms with Gasteiger partial charge < -0.3 is 9.30 Å². The molecule has 0 saturated heterocycles. The number of carbonyl (C=O) groups is 1. The molecule has 1 aromatic rings. The lowest BCUT2D eigenvalue weighted by atomic mass is 10.4. The maximum atomic E-state index is 11.0. The van der Waals surface area contributed by atoms with E-state index in [9.17, 15) is 4.79 Å². The zero-order valence-electron chi connectivity index (χ0n) is 8.43. The second-order valence-electron chi connectivity index (χ2n) is 2.66. The minimum Gasteiger partial charge on any atom is -0.463 e. The van der Waals surface area contributed by atoms with Crippen molar-refractivity contribution in [2.45, 2.75) is 20.4 Å². The number of aromatic nitrogens is 2. The highest BCUT2D eigenvalue weighted by Crippen LogP contribution is 2.00. The molecule has 0 aromatic carbocycles. The molecule has 0 aliphatic carbocycles. The van der Waals surface area contributed by atoms with Gasteiger partial charge in [0.1, 0.15) is 5.82 Å². The number of carbonyl (C=O) groups excluding carboxylic acids is 1. The molecule has 1 heterocycles. The van der Waals surface area contributed by atoms with Gasteiger partial charge in [-0.15, -0.1) is 0 Å². The van der Waals surface area contributed by atoms with Gasteiger partial charge in [0.05, 0.1) is 6.61 Å². The number of nitrogens with zero attached hydrogens (tertiary/aromatic N) is 2. The molecule has 0 unspecified atom stereocenters. The number of esters is 1. The summed E-state index contributed by atoms with van der Waals surface area (Å²) >= 11 is 0. The van der Waals surface area contributed by atoms with Crippen LogP contribution in [-0.4, -0.2) is 22.1 Å². The van der Waals surface area contributed by atoms with Gasteiger partial charge in [-0.1, -0.05) is 0 Å². The number of hydrogen-bond donors (Lipinski definition) is 0. The van der Waals surface area contributed by atoms with E-state index >= 15 is 0 Å². The van der Waals surface area contributed by atoms with E-state index in [1.165, 1.54) is 6.08 Å². The van der Waals surface area contributed by atoms with Gasteiger partial charge in [0.2, 0.25) is 0 Å². The Morgan fingerprint density at radius 1 is 1.64 bits per heavy atom. The number of aryl methyl sites for hydroxylation is 1. The molecule has 0 N–H and O–H groups in total. The SMILES string of the molecule is CCOC(=O)C=Cc1nccn1CC. The third-order valence-electron chi connectivity index (χ3n) is 1.74. The molecule has 14 heavy (non-hydrogen) atoms. The Morgan fingerprint density at radius 2 is 2.43 bits per heavy atom. The van der Waals surface area contributed by atoms with Gasteiger partial charge in [-0.05, 0) is 19.9 Å². The van der Waals surface area contributed by atoms with Crippen molar-refractivity contribution in [3.8, 4) is 0 Å². The highest BCUT2D eigenvalue weighted by Gasteiger charge is 1.98. The van der Waals surface area contributed by atoms with Crippen LogP contribution in [0.15, 0.2) is 18.5 Å². The maximum absolute atomic E-state index is 11.0. The standard InChI is InChI=1S/C10H14N2O2/c1-3-12-8-7-11-9(12)5-6-10(13)14-4-2/h5-8H,3-4H2,1-2H3. The highest BCUT2D eigenvalue weighted by atomic mass is 16.5. The quantitative estimate of drug-likeness (QED) is 0.538. The van der Waals surface area contributed by atoms with Crippen molar-refractivity contribution in [3.05, 3.63) is 24.3 Å². The topological polar surface area (TPSA) is 44.1 Å². The van der Waals surface area contributed by atoms with Crippen LogP contribution in [0.5, 0.6) is 0 Å². The molecule has 1 aromatic heterocycles. The van der Waals surface area contributed by atoms with Crippen molar-refractivity contribution in [1.29, 1.82) is 0 Å². The van der Waals surface area contributed by atoms with Crippen LogP contribution in [-0.2, 0) is 16.1 Å². The highest BCUT2D eigenvalue weighted by molar-refractivity contribution is 5.86. The molecule has 0 saturated carbocycles. The summed E-state index contributed by atoms with van der Waals surface area (Å²) in [6.45, 7) is 5.02. The number of hydrogen-bond acceptors (Lipinski definition) is 3. The van der Waals surface area contributed by atoms with Crippen LogP contribution in [0.25, 0.3) is 6.08 Å². The monoisotopic (exact) mass is 194 g/mol. The molecule has 0 aliphatic rings. The molecule has 0 radical (unpaired) electrons. The van der Waals surface area contributed by atoms with Crippen LogP contribution in [0.1, 0.15) is 19.7 Å². The van der Waals surface area contributed by atoms with Gasteiger partial charge in [-0.25, -0.2) is 9.78 Å². The van der Waals surface area contributed by atoms with E-state index in [4.69, 9.17) is 4.74 Å². The van der Waals surface area contributed by atoms with E-state index in [1.807, 2.05) is 17.7 Å². The first kappa shape index (κ1) is 10.5. The predicted molar refractivity (Wildman–Crippen MR) is 53.6 cm³/mol. The summed E-state index contributed by atoms with van der Waals surface area (Å²) in [5.74, 6) is 0.429. The predicted octanol–water partition coefficient (Wildman–Crippen LogP) is 1.48. The van der Waals surface area contributed by atoms with Crippen LogP contribution in [0.2, 0.25) is 0 Å². The van der Waals surface area contributed by atoms with E-state index in [2.05, 4.69) is 4.98 Å². The summed E-state index contributed by atoms with van der Waals surface area (Å²) in [5.41, 5.74) is 0. The van der Waals surface area contributed by atoms with Crippen molar-refractivity contribution >= 4 is 12.0 Å². The Labute approximate surface area is 83.2 Å². The zero-order chi connectivity index (χ0) is 10.4. The number of ether oxygens (including phenoxy) is 1. The van der Waals surface area contributed by atoms with Gasteiger partial charge in [-0.3, -0.25) is 0 Å². The van der Waals surface area contributed by atoms with Crippen molar-refractivity contribution in [2.24, 2.45) is 0 Å². The largest absolute Gasteiger partial charge is 0.463 e. The fourth-order valence-electron chi connectivity index (χ4n) is 1.08. The summed E-state index contributed by atoms with van der Waals surface area (Å²) in [6.07, 6.45) is 6.61. The van der Waals surface area contributed by atoms with E-state index in [1.54, 1.807) is 19.2 Å². The zero-order valence-corrected chi connectivity index (χ0v) is 8.43. The molecule has 0 bridgehead atoms. The normalized spacial score (nSPS) is 10.7. The third kappa shape index (κ3) is 2.73. The first-order chi connectivity index (χ1) is 6.77. The van der Waals surface area contributed by atoms with Gasteiger partial charge in [-0.2, -0.15) is 0 Å². The van der Waals surface area contributed by atoms with Gasteiger partial charge in [0.15, 0.2) is 0 Å². The lowest BCUT2D eigenvalue weighted by molar-refractivity contribution is -0.137. The summed E-state index contributed by atoms with van der Waals surface area (Å²) in [4.78, 5) is 15.1. The molecule has 0 atom stereocenters. The summed E-state index contributed by atoms with van der Waals surface area (Å²) in [5, 5.41) is 0. The molecular weight excluding hydrogens is 180 g/mol.